The molecule has 1 atom stereocenters. The van der Waals surface area contributed by atoms with E-state index in [2.05, 4.69) is 0 Å². The van der Waals surface area contributed by atoms with Crippen LogP contribution in [-0.4, -0.2) is 19.3 Å². The SMILES string of the molecule is NCC(COc1ccc2c(c1)CCC2)C(F)(F)F. The third-order valence-electron chi connectivity index (χ3n) is 3.27. The molecule has 0 saturated carbocycles. The molecule has 0 radical (unpaired) electrons. The molecule has 2 nitrogen and oxygen atoms in total. The predicted molar refractivity (Wildman–Crippen MR) is 62.6 cm³/mol. The van der Waals surface area contributed by atoms with E-state index in [0.717, 1.165) is 19.3 Å². The summed E-state index contributed by atoms with van der Waals surface area (Å²) in [6.45, 7) is -0.868. The molecule has 2 rings (SSSR count). The van der Waals surface area contributed by atoms with Crippen LogP contribution in [0.15, 0.2) is 18.2 Å². The maximum Gasteiger partial charge on any atom is 0.396 e. The number of aryl methyl sites for hydroxylation is 2. The molecule has 1 aliphatic carbocycles. The maximum absolute atomic E-state index is 12.5. The van der Waals surface area contributed by atoms with Gasteiger partial charge in [0.15, 0.2) is 0 Å². The summed E-state index contributed by atoms with van der Waals surface area (Å²) in [5.74, 6) is -1.11. The van der Waals surface area contributed by atoms with Crippen LogP contribution in [0.4, 0.5) is 13.2 Å². The van der Waals surface area contributed by atoms with Crippen LogP contribution in [0.1, 0.15) is 17.5 Å². The Morgan fingerprint density at radius 1 is 1.22 bits per heavy atom. The van der Waals surface area contributed by atoms with E-state index in [1.54, 1.807) is 6.07 Å². The maximum atomic E-state index is 12.5. The molecule has 0 amide bonds. The van der Waals surface area contributed by atoms with Gasteiger partial charge in [-0.3, -0.25) is 0 Å². The van der Waals surface area contributed by atoms with Crippen molar-refractivity contribution in [1.82, 2.24) is 0 Å². The average molecular weight is 259 g/mol. The van der Waals surface area contributed by atoms with Crippen molar-refractivity contribution < 1.29 is 17.9 Å². The van der Waals surface area contributed by atoms with Crippen LogP contribution in [-0.2, 0) is 12.8 Å². The minimum atomic E-state index is -4.30. The number of hydrogen-bond acceptors (Lipinski definition) is 2. The molecular weight excluding hydrogens is 243 g/mol. The molecule has 0 aliphatic heterocycles. The summed E-state index contributed by atoms with van der Waals surface area (Å²) in [4.78, 5) is 0. The summed E-state index contributed by atoms with van der Waals surface area (Å²) in [7, 11) is 0. The van der Waals surface area contributed by atoms with Gasteiger partial charge in [-0.15, -0.1) is 0 Å². The standard InChI is InChI=1S/C13H16F3NO/c14-13(15,16)11(7-17)8-18-12-5-4-9-2-1-3-10(9)6-12/h4-6,11H,1-3,7-8,17H2. The van der Waals surface area contributed by atoms with Crippen molar-refractivity contribution in [3.8, 4) is 5.75 Å². The van der Waals surface area contributed by atoms with Crippen molar-refractivity contribution in [1.29, 1.82) is 0 Å². The van der Waals surface area contributed by atoms with E-state index in [0.29, 0.717) is 5.75 Å². The van der Waals surface area contributed by atoms with Gasteiger partial charge in [0, 0.05) is 6.54 Å². The molecule has 0 fully saturated rings. The molecule has 2 N–H and O–H groups in total. The topological polar surface area (TPSA) is 35.2 Å². The number of fused-ring (bicyclic) bond motifs is 1. The van der Waals surface area contributed by atoms with Gasteiger partial charge in [0.2, 0.25) is 0 Å². The molecule has 1 unspecified atom stereocenters. The van der Waals surface area contributed by atoms with Crippen LogP contribution in [0, 0.1) is 5.92 Å². The first-order chi connectivity index (χ1) is 8.50. The summed E-state index contributed by atoms with van der Waals surface area (Å²) in [6.07, 6.45) is -1.17. The first-order valence-corrected chi connectivity index (χ1v) is 6.02. The second-order valence-corrected chi connectivity index (χ2v) is 4.57. The zero-order valence-corrected chi connectivity index (χ0v) is 9.96. The van der Waals surface area contributed by atoms with Crippen LogP contribution in [0.5, 0.6) is 5.75 Å². The summed E-state index contributed by atoms with van der Waals surface area (Å²) >= 11 is 0. The van der Waals surface area contributed by atoms with Crippen molar-refractivity contribution in [3.05, 3.63) is 29.3 Å². The van der Waals surface area contributed by atoms with Gasteiger partial charge in [-0.25, -0.2) is 0 Å². The number of benzene rings is 1. The van der Waals surface area contributed by atoms with E-state index >= 15 is 0 Å². The lowest BCUT2D eigenvalue weighted by Crippen LogP contribution is -2.35. The third kappa shape index (κ3) is 2.96. The summed E-state index contributed by atoms with van der Waals surface area (Å²) in [5.41, 5.74) is 7.57. The molecule has 0 heterocycles. The first-order valence-electron chi connectivity index (χ1n) is 6.02. The molecule has 18 heavy (non-hydrogen) atoms. The highest BCUT2D eigenvalue weighted by Gasteiger charge is 2.39. The zero-order valence-electron chi connectivity index (χ0n) is 9.96. The number of halogens is 3. The molecular formula is C13H16F3NO. The van der Waals surface area contributed by atoms with Gasteiger partial charge in [0.1, 0.15) is 18.3 Å². The Kier molecular flexibility index (Phi) is 3.80. The molecule has 100 valence electrons. The fourth-order valence-electron chi connectivity index (χ4n) is 2.13. The summed E-state index contributed by atoms with van der Waals surface area (Å²) < 4.78 is 42.7. The largest absolute Gasteiger partial charge is 0.493 e. The summed E-state index contributed by atoms with van der Waals surface area (Å²) in [5, 5.41) is 0. The Bertz CT molecular complexity index is 417. The lowest BCUT2D eigenvalue weighted by molar-refractivity contribution is -0.178. The van der Waals surface area contributed by atoms with Gasteiger partial charge >= 0.3 is 6.18 Å². The average Bonchev–Trinajstić information content (AvgIpc) is 2.75. The van der Waals surface area contributed by atoms with Gasteiger partial charge in [-0.1, -0.05) is 6.07 Å². The van der Waals surface area contributed by atoms with Crippen molar-refractivity contribution in [2.75, 3.05) is 13.2 Å². The highest BCUT2D eigenvalue weighted by molar-refractivity contribution is 5.38. The lowest BCUT2D eigenvalue weighted by Gasteiger charge is -2.19. The Labute approximate surface area is 104 Å². The molecule has 1 aromatic rings. The molecule has 1 aromatic carbocycles. The van der Waals surface area contributed by atoms with Gasteiger partial charge in [-0.2, -0.15) is 13.2 Å². The lowest BCUT2D eigenvalue weighted by atomic mass is 10.1. The van der Waals surface area contributed by atoms with Crippen molar-refractivity contribution in [2.45, 2.75) is 25.4 Å². The van der Waals surface area contributed by atoms with Gasteiger partial charge in [0.25, 0.3) is 0 Å². The number of ether oxygens (including phenoxy) is 1. The first kappa shape index (κ1) is 13.2. The number of rotatable bonds is 4. The van der Waals surface area contributed by atoms with E-state index in [4.69, 9.17) is 10.5 Å². The van der Waals surface area contributed by atoms with Gasteiger partial charge < -0.3 is 10.5 Å². The smallest absolute Gasteiger partial charge is 0.396 e. The van der Waals surface area contributed by atoms with E-state index < -0.39 is 25.2 Å². The van der Waals surface area contributed by atoms with Crippen LogP contribution in [0.25, 0.3) is 0 Å². The Morgan fingerprint density at radius 3 is 2.61 bits per heavy atom. The van der Waals surface area contributed by atoms with Crippen LogP contribution >= 0.6 is 0 Å². The van der Waals surface area contributed by atoms with Gasteiger partial charge in [-0.05, 0) is 42.5 Å². The fourth-order valence-corrected chi connectivity index (χ4v) is 2.13. The van der Waals surface area contributed by atoms with Crippen LogP contribution in [0.3, 0.4) is 0 Å². The second-order valence-electron chi connectivity index (χ2n) is 4.57. The highest BCUT2D eigenvalue weighted by Crippen LogP contribution is 2.28. The minimum Gasteiger partial charge on any atom is -0.493 e. The number of nitrogens with two attached hydrogens (primary N) is 1. The number of hydrogen-bond donors (Lipinski definition) is 1. The van der Waals surface area contributed by atoms with E-state index in [-0.39, 0.29) is 0 Å². The molecule has 0 saturated heterocycles. The predicted octanol–water partition coefficient (Wildman–Crippen LogP) is 2.69. The third-order valence-corrected chi connectivity index (χ3v) is 3.27. The zero-order chi connectivity index (χ0) is 13.2. The monoisotopic (exact) mass is 259 g/mol. The van der Waals surface area contributed by atoms with Crippen molar-refractivity contribution in [3.63, 3.8) is 0 Å². The highest BCUT2D eigenvalue weighted by atomic mass is 19.4. The Morgan fingerprint density at radius 2 is 1.94 bits per heavy atom. The molecule has 5 heteroatoms. The van der Waals surface area contributed by atoms with Crippen molar-refractivity contribution >= 4 is 0 Å². The minimum absolute atomic E-state index is 0.418. The second kappa shape index (κ2) is 5.18. The van der Waals surface area contributed by atoms with Gasteiger partial charge in [0.05, 0.1) is 0 Å². The van der Waals surface area contributed by atoms with Crippen LogP contribution < -0.4 is 10.5 Å². The molecule has 0 bridgehead atoms. The fraction of sp³-hybridized carbons (Fsp3) is 0.538. The number of alkyl halides is 3. The normalized spacial score (nSPS) is 16.4. The van der Waals surface area contributed by atoms with Crippen LogP contribution in [0.2, 0.25) is 0 Å². The summed E-state index contributed by atoms with van der Waals surface area (Å²) in [6, 6.07) is 5.50. The van der Waals surface area contributed by atoms with E-state index in [1.807, 2.05) is 12.1 Å². The quantitative estimate of drug-likeness (QED) is 0.902. The van der Waals surface area contributed by atoms with E-state index in [1.165, 1.54) is 11.1 Å². The molecule has 1 aliphatic rings. The Balaban J connectivity index is 1.98. The van der Waals surface area contributed by atoms with E-state index in [9.17, 15) is 13.2 Å². The Hall–Kier alpha value is -1.23. The molecule has 0 aromatic heterocycles. The van der Waals surface area contributed by atoms with Crippen molar-refractivity contribution in [2.24, 2.45) is 11.7 Å². The molecule has 0 spiro atoms.